The van der Waals surface area contributed by atoms with E-state index in [0.717, 1.165) is 0 Å². The van der Waals surface area contributed by atoms with Gasteiger partial charge in [0.15, 0.2) is 11.4 Å². The van der Waals surface area contributed by atoms with Crippen LogP contribution in [0.5, 0.6) is 0 Å². The topological polar surface area (TPSA) is 3.88 Å². The van der Waals surface area contributed by atoms with Gasteiger partial charge >= 0.3 is 0 Å². The smallest absolute Gasteiger partial charge is 0.162 e. The summed E-state index contributed by atoms with van der Waals surface area (Å²) in [6.07, 6.45) is 0. The molecule has 1 nitrogen and oxygen atoms in total. The van der Waals surface area contributed by atoms with Crippen molar-refractivity contribution < 1.29 is 4.57 Å². The highest BCUT2D eigenvalue weighted by molar-refractivity contribution is 5.64. The number of hydrogen-bond acceptors (Lipinski definition) is 0. The lowest BCUT2D eigenvalue weighted by Crippen LogP contribution is -2.39. The molecule has 0 saturated carbocycles. The predicted molar refractivity (Wildman–Crippen MR) is 97.1 cm³/mol. The number of aryl methyl sites for hydroxylation is 5. The minimum atomic E-state index is 1.26. The molecule has 1 aromatic heterocycles. The second-order valence-electron chi connectivity index (χ2n) is 6.47. The summed E-state index contributed by atoms with van der Waals surface area (Å²) < 4.78 is 2.36. The van der Waals surface area contributed by atoms with Crippen molar-refractivity contribution in [2.24, 2.45) is 0 Å². The molecule has 0 atom stereocenters. The Labute approximate surface area is 139 Å². The van der Waals surface area contributed by atoms with Crippen LogP contribution in [-0.2, 0) is 0 Å². The third-order valence-corrected chi connectivity index (χ3v) is 4.48. The Balaban J connectivity index is 2.17. The lowest BCUT2D eigenvalue weighted by Gasteiger charge is -2.11. The van der Waals surface area contributed by atoms with Gasteiger partial charge in [-0.2, -0.15) is 4.57 Å². The summed E-state index contributed by atoms with van der Waals surface area (Å²) >= 11 is 0. The molecule has 1 heteroatoms. The van der Waals surface area contributed by atoms with Crippen molar-refractivity contribution in [3.05, 3.63) is 82.7 Å². The molecule has 116 valence electrons. The van der Waals surface area contributed by atoms with Crippen molar-refractivity contribution in [2.45, 2.75) is 34.6 Å². The van der Waals surface area contributed by atoms with Crippen LogP contribution in [0.15, 0.2) is 54.6 Å². The van der Waals surface area contributed by atoms with Gasteiger partial charge in [0.05, 0.1) is 0 Å². The monoisotopic (exact) mass is 302 g/mol. The van der Waals surface area contributed by atoms with Gasteiger partial charge in [0, 0.05) is 37.1 Å². The van der Waals surface area contributed by atoms with E-state index >= 15 is 0 Å². The number of hydrogen-bond donors (Lipinski definition) is 0. The molecule has 0 bridgehead atoms. The molecule has 0 N–H and O–H groups in total. The lowest BCUT2D eigenvalue weighted by atomic mass is 10.0. The number of para-hydroxylation sites is 1. The molecule has 0 spiro atoms. The highest BCUT2D eigenvalue weighted by atomic mass is 15.0. The van der Waals surface area contributed by atoms with Gasteiger partial charge in [0.25, 0.3) is 0 Å². The van der Waals surface area contributed by atoms with Crippen molar-refractivity contribution in [2.75, 3.05) is 0 Å². The minimum absolute atomic E-state index is 1.26. The second-order valence-corrected chi connectivity index (χ2v) is 6.47. The maximum absolute atomic E-state index is 2.36. The number of aromatic nitrogens is 1. The van der Waals surface area contributed by atoms with Gasteiger partial charge < -0.3 is 0 Å². The fourth-order valence-corrected chi connectivity index (χ4v) is 3.32. The van der Waals surface area contributed by atoms with Crippen LogP contribution in [0, 0.1) is 34.6 Å². The normalized spacial score (nSPS) is 10.8. The van der Waals surface area contributed by atoms with Crippen molar-refractivity contribution in [3.63, 3.8) is 0 Å². The van der Waals surface area contributed by atoms with E-state index in [1.807, 2.05) is 0 Å². The molecule has 0 fully saturated rings. The summed E-state index contributed by atoms with van der Waals surface area (Å²) in [6, 6.07) is 19.8. The molecule has 0 saturated heterocycles. The average molecular weight is 302 g/mol. The van der Waals surface area contributed by atoms with Gasteiger partial charge in [0.1, 0.15) is 0 Å². The standard InChI is InChI=1S/C22H24N/c1-15-9-11-20(12-10-15)21-13-18(4)23(19(5)14-21)22-16(2)7-6-8-17(22)3/h6-14H,1-5H3/q+1. The van der Waals surface area contributed by atoms with E-state index in [1.165, 1.54) is 44.9 Å². The van der Waals surface area contributed by atoms with Crippen LogP contribution in [0.25, 0.3) is 16.8 Å². The van der Waals surface area contributed by atoms with Gasteiger partial charge in [0.2, 0.25) is 5.69 Å². The molecular weight excluding hydrogens is 278 g/mol. The van der Waals surface area contributed by atoms with Crippen LogP contribution >= 0.6 is 0 Å². The molecule has 23 heavy (non-hydrogen) atoms. The van der Waals surface area contributed by atoms with Crippen molar-refractivity contribution >= 4 is 0 Å². The Hall–Kier alpha value is -2.41. The average Bonchev–Trinajstić information content (AvgIpc) is 2.50. The molecule has 2 aromatic carbocycles. The first-order valence-electron chi connectivity index (χ1n) is 8.14. The van der Waals surface area contributed by atoms with E-state index in [-0.39, 0.29) is 0 Å². The molecule has 0 aliphatic rings. The van der Waals surface area contributed by atoms with Gasteiger partial charge in [-0.1, -0.05) is 48.0 Å². The van der Waals surface area contributed by atoms with E-state index in [0.29, 0.717) is 0 Å². The molecule has 0 aliphatic heterocycles. The molecule has 3 rings (SSSR count). The van der Waals surface area contributed by atoms with Crippen molar-refractivity contribution in [1.29, 1.82) is 0 Å². The molecule has 3 aromatic rings. The van der Waals surface area contributed by atoms with E-state index in [9.17, 15) is 0 Å². The van der Waals surface area contributed by atoms with Crippen LogP contribution in [0.2, 0.25) is 0 Å². The Morgan fingerprint density at radius 2 is 1.13 bits per heavy atom. The van der Waals surface area contributed by atoms with E-state index in [1.54, 1.807) is 0 Å². The first-order chi connectivity index (χ1) is 11.0. The lowest BCUT2D eigenvalue weighted by molar-refractivity contribution is -0.610. The van der Waals surface area contributed by atoms with Gasteiger partial charge in [-0.25, -0.2) is 0 Å². The molecule has 0 aliphatic carbocycles. The summed E-state index contributed by atoms with van der Waals surface area (Å²) in [6.45, 7) is 10.9. The molecule has 1 heterocycles. The highest BCUT2D eigenvalue weighted by Crippen LogP contribution is 2.23. The van der Waals surface area contributed by atoms with E-state index < -0.39 is 0 Å². The van der Waals surface area contributed by atoms with Crippen molar-refractivity contribution in [1.82, 2.24) is 0 Å². The van der Waals surface area contributed by atoms with Crippen LogP contribution in [0.1, 0.15) is 28.1 Å². The van der Waals surface area contributed by atoms with Crippen molar-refractivity contribution in [3.8, 4) is 16.8 Å². The number of rotatable bonds is 2. The Kier molecular flexibility index (Phi) is 4.04. The minimum Gasteiger partial charge on any atom is -0.162 e. The number of benzene rings is 2. The van der Waals surface area contributed by atoms with E-state index in [4.69, 9.17) is 0 Å². The maximum Gasteiger partial charge on any atom is 0.216 e. The molecular formula is C22H24N+. The summed E-state index contributed by atoms with van der Waals surface area (Å²) in [5, 5.41) is 0. The largest absolute Gasteiger partial charge is 0.216 e. The SMILES string of the molecule is Cc1ccc(-c2cc(C)[n+](-c3c(C)cccc3C)c(C)c2)cc1. The van der Waals surface area contributed by atoms with Gasteiger partial charge in [-0.05, 0) is 31.9 Å². The summed E-state index contributed by atoms with van der Waals surface area (Å²) in [5.74, 6) is 0. The molecule has 0 amide bonds. The molecule has 0 radical (unpaired) electrons. The second kappa shape index (κ2) is 6.00. The summed E-state index contributed by atoms with van der Waals surface area (Å²) in [4.78, 5) is 0. The van der Waals surface area contributed by atoms with Gasteiger partial charge in [-0.3, -0.25) is 0 Å². The predicted octanol–water partition coefficient (Wildman–Crippen LogP) is 5.17. The van der Waals surface area contributed by atoms with Crippen LogP contribution < -0.4 is 4.57 Å². The Morgan fingerprint density at radius 3 is 1.65 bits per heavy atom. The Bertz CT molecular complexity index is 814. The zero-order valence-corrected chi connectivity index (χ0v) is 14.6. The van der Waals surface area contributed by atoms with Gasteiger partial charge in [-0.15, -0.1) is 0 Å². The van der Waals surface area contributed by atoms with E-state index in [2.05, 4.69) is 93.8 Å². The Morgan fingerprint density at radius 1 is 0.609 bits per heavy atom. The first kappa shape index (κ1) is 15.5. The molecule has 0 unspecified atom stereocenters. The third kappa shape index (κ3) is 2.92. The van der Waals surface area contributed by atoms with Crippen LogP contribution in [0.3, 0.4) is 0 Å². The zero-order valence-electron chi connectivity index (χ0n) is 14.6. The first-order valence-corrected chi connectivity index (χ1v) is 8.14. The summed E-state index contributed by atoms with van der Waals surface area (Å²) in [7, 11) is 0. The quantitative estimate of drug-likeness (QED) is 0.575. The van der Waals surface area contributed by atoms with Crippen LogP contribution in [-0.4, -0.2) is 0 Å². The fraction of sp³-hybridized carbons (Fsp3) is 0.227. The zero-order chi connectivity index (χ0) is 16.6. The maximum atomic E-state index is 2.36. The van der Waals surface area contributed by atoms with Crippen LogP contribution in [0.4, 0.5) is 0 Å². The third-order valence-electron chi connectivity index (χ3n) is 4.48. The highest BCUT2D eigenvalue weighted by Gasteiger charge is 2.20. The fourth-order valence-electron chi connectivity index (χ4n) is 3.32. The number of nitrogens with zero attached hydrogens (tertiary/aromatic N) is 1. The summed E-state index contributed by atoms with van der Waals surface area (Å²) in [5.41, 5.74) is 10.3. The number of pyridine rings is 1.